The van der Waals surface area contributed by atoms with Crippen LogP contribution in [-0.2, 0) is 27.2 Å². The SMILES string of the molecule is CC(=O)Nc1ccc(C(=O)COC(=O)COc2ccc3c(c2)CCC3)cc1. The number of rotatable bonds is 7. The fourth-order valence-corrected chi connectivity index (χ4v) is 2.99. The van der Waals surface area contributed by atoms with Gasteiger partial charge < -0.3 is 14.8 Å². The summed E-state index contributed by atoms with van der Waals surface area (Å²) in [6.07, 6.45) is 3.27. The Labute approximate surface area is 157 Å². The summed E-state index contributed by atoms with van der Waals surface area (Å²) >= 11 is 0. The number of ketones is 1. The van der Waals surface area contributed by atoms with Crippen LogP contribution in [-0.4, -0.2) is 30.9 Å². The minimum absolute atomic E-state index is 0.189. The van der Waals surface area contributed by atoms with E-state index < -0.39 is 5.97 Å². The molecule has 0 heterocycles. The smallest absolute Gasteiger partial charge is 0.344 e. The highest BCUT2D eigenvalue weighted by atomic mass is 16.6. The Balaban J connectivity index is 1.44. The van der Waals surface area contributed by atoms with Gasteiger partial charge in [-0.05, 0) is 66.8 Å². The van der Waals surface area contributed by atoms with Crippen molar-refractivity contribution in [2.75, 3.05) is 18.5 Å². The van der Waals surface area contributed by atoms with E-state index in [2.05, 4.69) is 5.32 Å². The summed E-state index contributed by atoms with van der Waals surface area (Å²) in [5.74, 6) is -0.479. The normalized spacial score (nSPS) is 12.2. The van der Waals surface area contributed by atoms with E-state index in [0.717, 1.165) is 19.3 Å². The molecule has 0 radical (unpaired) electrons. The number of carbonyl (C=O) groups is 3. The predicted octanol–water partition coefficient (Wildman–Crippen LogP) is 2.94. The second-order valence-corrected chi connectivity index (χ2v) is 6.42. The molecule has 0 aliphatic heterocycles. The Bertz CT molecular complexity index is 857. The molecular weight excluding hydrogens is 346 g/mol. The molecule has 140 valence electrons. The molecule has 0 fully saturated rings. The molecule has 6 heteroatoms. The number of amides is 1. The van der Waals surface area contributed by atoms with Gasteiger partial charge in [-0.15, -0.1) is 0 Å². The Morgan fingerprint density at radius 2 is 1.70 bits per heavy atom. The molecule has 3 rings (SSSR count). The van der Waals surface area contributed by atoms with Gasteiger partial charge in [0.15, 0.2) is 19.0 Å². The number of hydrogen-bond acceptors (Lipinski definition) is 5. The third-order valence-electron chi connectivity index (χ3n) is 4.32. The zero-order chi connectivity index (χ0) is 19.2. The molecule has 0 aromatic heterocycles. The molecule has 1 aliphatic carbocycles. The summed E-state index contributed by atoms with van der Waals surface area (Å²) in [6, 6.07) is 12.2. The predicted molar refractivity (Wildman–Crippen MR) is 100.0 cm³/mol. The number of ether oxygens (including phenoxy) is 2. The first-order valence-electron chi connectivity index (χ1n) is 8.82. The van der Waals surface area contributed by atoms with Gasteiger partial charge in [-0.2, -0.15) is 0 Å². The lowest BCUT2D eigenvalue weighted by Crippen LogP contribution is -2.19. The van der Waals surface area contributed by atoms with Gasteiger partial charge in [-0.3, -0.25) is 9.59 Å². The number of fused-ring (bicyclic) bond motifs is 1. The number of anilines is 1. The van der Waals surface area contributed by atoms with Crippen molar-refractivity contribution >= 4 is 23.3 Å². The fourth-order valence-electron chi connectivity index (χ4n) is 2.99. The molecule has 1 N–H and O–H groups in total. The van der Waals surface area contributed by atoms with Crippen LogP contribution in [0.2, 0.25) is 0 Å². The first kappa shape index (κ1) is 18.6. The highest BCUT2D eigenvalue weighted by Crippen LogP contribution is 2.25. The van der Waals surface area contributed by atoms with E-state index in [-0.39, 0.29) is 24.9 Å². The third-order valence-corrected chi connectivity index (χ3v) is 4.32. The van der Waals surface area contributed by atoms with Crippen LogP contribution in [0.4, 0.5) is 5.69 Å². The van der Waals surface area contributed by atoms with Gasteiger partial charge >= 0.3 is 5.97 Å². The number of nitrogens with one attached hydrogen (secondary N) is 1. The van der Waals surface area contributed by atoms with E-state index in [9.17, 15) is 14.4 Å². The monoisotopic (exact) mass is 367 g/mol. The molecule has 27 heavy (non-hydrogen) atoms. The highest BCUT2D eigenvalue weighted by Gasteiger charge is 2.13. The summed E-state index contributed by atoms with van der Waals surface area (Å²) in [6.45, 7) is 0.808. The van der Waals surface area contributed by atoms with Gasteiger partial charge in [0.1, 0.15) is 5.75 Å². The molecule has 1 amide bonds. The third kappa shape index (κ3) is 5.17. The molecule has 0 bridgehead atoms. The lowest BCUT2D eigenvalue weighted by atomic mass is 10.1. The molecule has 0 saturated carbocycles. The van der Waals surface area contributed by atoms with Crippen LogP contribution >= 0.6 is 0 Å². The molecule has 0 spiro atoms. The molecule has 2 aromatic rings. The number of esters is 1. The molecule has 6 nitrogen and oxygen atoms in total. The van der Waals surface area contributed by atoms with Crippen molar-refractivity contribution in [3.63, 3.8) is 0 Å². The lowest BCUT2D eigenvalue weighted by molar-refractivity contribution is -0.144. The van der Waals surface area contributed by atoms with E-state index in [1.165, 1.54) is 18.1 Å². The highest BCUT2D eigenvalue weighted by molar-refractivity contribution is 5.98. The van der Waals surface area contributed by atoms with Gasteiger partial charge in [0.05, 0.1) is 0 Å². The van der Waals surface area contributed by atoms with Crippen LogP contribution in [0, 0.1) is 0 Å². The molecule has 1 aliphatic rings. The van der Waals surface area contributed by atoms with E-state index in [4.69, 9.17) is 9.47 Å². The average molecular weight is 367 g/mol. The Morgan fingerprint density at radius 1 is 0.963 bits per heavy atom. The van der Waals surface area contributed by atoms with Crippen LogP contribution in [0.5, 0.6) is 5.75 Å². The first-order chi connectivity index (χ1) is 13.0. The molecule has 2 aromatic carbocycles. The minimum Gasteiger partial charge on any atom is -0.482 e. The Morgan fingerprint density at radius 3 is 2.44 bits per heavy atom. The summed E-state index contributed by atoms with van der Waals surface area (Å²) in [5, 5.41) is 2.62. The fraction of sp³-hybridized carbons (Fsp3) is 0.286. The maximum atomic E-state index is 12.1. The van der Waals surface area contributed by atoms with Crippen molar-refractivity contribution in [3.05, 3.63) is 59.2 Å². The van der Waals surface area contributed by atoms with Crippen LogP contribution in [0.3, 0.4) is 0 Å². The van der Waals surface area contributed by atoms with Crippen molar-refractivity contribution in [2.24, 2.45) is 0 Å². The number of carbonyl (C=O) groups excluding carboxylic acids is 3. The number of benzene rings is 2. The van der Waals surface area contributed by atoms with Crippen molar-refractivity contribution in [1.29, 1.82) is 0 Å². The lowest BCUT2D eigenvalue weighted by Gasteiger charge is -2.08. The number of Topliss-reactive ketones (excluding diaryl/α,β-unsaturated/α-hetero) is 1. The van der Waals surface area contributed by atoms with Crippen LogP contribution < -0.4 is 10.1 Å². The zero-order valence-electron chi connectivity index (χ0n) is 15.1. The van der Waals surface area contributed by atoms with Gasteiger partial charge in [0.25, 0.3) is 0 Å². The molecule has 0 saturated heterocycles. The van der Waals surface area contributed by atoms with Crippen LogP contribution in [0.1, 0.15) is 34.8 Å². The second kappa shape index (κ2) is 8.49. The van der Waals surface area contributed by atoms with Crippen LogP contribution in [0.15, 0.2) is 42.5 Å². The topological polar surface area (TPSA) is 81.7 Å². The van der Waals surface area contributed by atoms with Crippen molar-refractivity contribution in [1.82, 2.24) is 0 Å². The maximum Gasteiger partial charge on any atom is 0.344 e. The average Bonchev–Trinajstić information content (AvgIpc) is 3.12. The maximum absolute atomic E-state index is 12.1. The van der Waals surface area contributed by atoms with Gasteiger partial charge in [0, 0.05) is 18.2 Å². The van der Waals surface area contributed by atoms with Gasteiger partial charge in [-0.25, -0.2) is 4.79 Å². The standard InChI is InChI=1S/C21H21NO5/c1-14(23)22-18-8-5-16(6-9-18)20(24)12-27-21(25)13-26-19-10-7-15-3-2-4-17(15)11-19/h5-11H,2-4,12-13H2,1H3,(H,22,23). The molecule has 0 unspecified atom stereocenters. The van der Waals surface area contributed by atoms with E-state index in [0.29, 0.717) is 17.0 Å². The first-order valence-corrected chi connectivity index (χ1v) is 8.82. The quantitative estimate of drug-likeness (QED) is 0.601. The van der Waals surface area contributed by atoms with Crippen molar-refractivity contribution < 1.29 is 23.9 Å². The number of aryl methyl sites for hydroxylation is 2. The zero-order valence-corrected chi connectivity index (χ0v) is 15.1. The van der Waals surface area contributed by atoms with Gasteiger partial charge in [-0.1, -0.05) is 6.07 Å². The van der Waals surface area contributed by atoms with E-state index >= 15 is 0 Å². The minimum atomic E-state index is -0.598. The summed E-state index contributed by atoms with van der Waals surface area (Å²) in [7, 11) is 0. The van der Waals surface area contributed by atoms with Crippen LogP contribution in [0.25, 0.3) is 0 Å². The van der Waals surface area contributed by atoms with E-state index in [1.807, 2.05) is 18.2 Å². The van der Waals surface area contributed by atoms with Gasteiger partial charge in [0.2, 0.25) is 5.91 Å². The molecule has 0 atom stereocenters. The Kier molecular flexibility index (Phi) is 5.86. The number of hydrogen-bond donors (Lipinski definition) is 1. The van der Waals surface area contributed by atoms with Crippen molar-refractivity contribution in [3.8, 4) is 5.75 Å². The largest absolute Gasteiger partial charge is 0.482 e. The van der Waals surface area contributed by atoms with E-state index in [1.54, 1.807) is 24.3 Å². The summed E-state index contributed by atoms with van der Waals surface area (Å²) < 4.78 is 10.4. The van der Waals surface area contributed by atoms with Crippen molar-refractivity contribution in [2.45, 2.75) is 26.2 Å². The second-order valence-electron chi connectivity index (χ2n) is 6.42. The Hall–Kier alpha value is -3.15. The molecular formula is C21H21NO5. The summed E-state index contributed by atoms with van der Waals surface area (Å²) in [5.41, 5.74) is 3.59. The summed E-state index contributed by atoms with van der Waals surface area (Å²) in [4.78, 5) is 34.9.